The number of nitrogens with zero attached hydrogens (tertiary/aromatic N) is 2. The standard InChI is InChI=1S/C22H31N3O2/c1-15-7-8-16(2)20-19(15)17(3)21(23-20)22(26)25-11-6-12-27-18(14-25)13-24-9-4-5-10-24/h7-8,18,23H,4-6,9-14H2,1-3H3/t18-/m0/s1. The van der Waals surface area contributed by atoms with Crippen molar-refractivity contribution in [3.05, 3.63) is 34.5 Å². The van der Waals surface area contributed by atoms with Crippen molar-refractivity contribution in [3.8, 4) is 0 Å². The number of nitrogens with one attached hydrogen (secondary N) is 1. The average molecular weight is 370 g/mol. The summed E-state index contributed by atoms with van der Waals surface area (Å²) in [4.78, 5) is 21.3. The fourth-order valence-electron chi connectivity index (χ4n) is 4.61. The molecular formula is C22H31N3O2. The molecule has 1 aromatic heterocycles. The molecule has 0 spiro atoms. The number of carbonyl (C=O) groups is 1. The van der Waals surface area contributed by atoms with Gasteiger partial charge >= 0.3 is 0 Å². The van der Waals surface area contributed by atoms with Gasteiger partial charge in [0.25, 0.3) is 5.91 Å². The predicted molar refractivity (Wildman–Crippen MR) is 108 cm³/mol. The number of hydrogen-bond acceptors (Lipinski definition) is 3. The van der Waals surface area contributed by atoms with Gasteiger partial charge in [-0.2, -0.15) is 0 Å². The zero-order valence-electron chi connectivity index (χ0n) is 16.8. The lowest BCUT2D eigenvalue weighted by atomic mass is 10.0. The number of carbonyl (C=O) groups excluding carboxylic acids is 1. The summed E-state index contributed by atoms with van der Waals surface area (Å²) in [6.07, 6.45) is 3.58. The Morgan fingerprint density at radius 1 is 1.11 bits per heavy atom. The monoisotopic (exact) mass is 369 g/mol. The van der Waals surface area contributed by atoms with Gasteiger partial charge in [-0.1, -0.05) is 12.1 Å². The molecular weight excluding hydrogens is 338 g/mol. The van der Waals surface area contributed by atoms with Crippen LogP contribution in [-0.4, -0.2) is 66.1 Å². The fraction of sp³-hybridized carbons (Fsp3) is 0.591. The highest BCUT2D eigenvalue weighted by Gasteiger charge is 2.28. The zero-order valence-corrected chi connectivity index (χ0v) is 16.8. The molecule has 0 unspecified atom stereocenters. The van der Waals surface area contributed by atoms with Crippen LogP contribution in [0.15, 0.2) is 12.1 Å². The third-order valence-corrected chi connectivity index (χ3v) is 6.13. The number of amides is 1. The first-order valence-corrected chi connectivity index (χ1v) is 10.3. The normalized spacial score (nSPS) is 21.7. The molecule has 2 fully saturated rings. The van der Waals surface area contributed by atoms with Gasteiger partial charge in [0.15, 0.2) is 0 Å². The van der Waals surface area contributed by atoms with Crippen molar-refractivity contribution < 1.29 is 9.53 Å². The minimum absolute atomic E-state index is 0.111. The number of benzene rings is 1. The van der Waals surface area contributed by atoms with Crippen LogP contribution in [0.2, 0.25) is 0 Å². The summed E-state index contributed by atoms with van der Waals surface area (Å²) < 4.78 is 6.06. The van der Waals surface area contributed by atoms with E-state index in [0.29, 0.717) is 6.54 Å². The second-order valence-corrected chi connectivity index (χ2v) is 8.18. The molecule has 2 aliphatic rings. The molecule has 1 amide bonds. The Bertz CT molecular complexity index is 836. The minimum Gasteiger partial charge on any atom is -0.375 e. The van der Waals surface area contributed by atoms with Crippen molar-refractivity contribution >= 4 is 16.8 Å². The number of aryl methyl sites for hydroxylation is 3. The van der Waals surface area contributed by atoms with Gasteiger partial charge in [0.2, 0.25) is 0 Å². The van der Waals surface area contributed by atoms with Gasteiger partial charge in [-0.05, 0) is 69.8 Å². The van der Waals surface area contributed by atoms with Crippen LogP contribution < -0.4 is 0 Å². The van der Waals surface area contributed by atoms with E-state index >= 15 is 0 Å². The molecule has 0 saturated carbocycles. The zero-order chi connectivity index (χ0) is 19.0. The molecule has 27 heavy (non-hydrogen) atoms. The summed E-state index contributed by atoms with van der Waals surface area (Å²) >= 11 is 0. The van der Waals surface area contributed by atoms with Crippen LogP contribution in [0.5, 0.6) is 0 Å². The summed E-state index contributed by atoms with van der Waals surface area (Å²) in [5.74, 6) is 0.111. The Morgan fingerprint density at radius 3 is 2.59 bits per heavy atom. The molecule has 2 aliphatic heterocycles. The molecule has 4 rings (SSSR count). The summed E-state index contributed by atoms with van der Waals surface area (Å²) in [5, 5.41) is 1.19. The van der Waals surface area contributed by atoms with Crippen LogP contribution in [0.25, 0.3) is 10.9 Å². The second-order valence-electron chi connectivity index (χ2n) is 8.18. The van der Waals surface area contributed by atoms with Gasteiger partial charge in [-0.15, -0.1) is 0 Å². The number of aromatic amines is 1. The van der Waals surface area contributed by atoms with E-state index in [2.05, 4.69) is 42.8 Å². The lowest BCUT2D eigenvalue weighted by molar-refractivity contribution is 0.0296. The quantitative estimate of drug-likeness (QED) is 0.902. The van der Waals surface area contributed by atoms with Crippen molar-refractivity contribution in [2.45, 2.75) is 46.1 Å². The molecule has 1 N–H and O–H groups in total. The van der Waals surface area contributed by atoms with Crippen LogP contribution >= 0.6 is 0 Å². The smallest absolute Gasteiger partial charge is 0.270 e. The average Bonchev–Trinajstić information content (AvgIpc) is 3.21. The van der Waals surface area contributed by atoms with E-state index in [-0.39, 0.29) is 12.0 Å². The van der Waals surface area contributed by atoms with Crippen LogP contribution in [0.4, 0.5) is 0 Å². The van der Waals surface area contributed by atoms with E-state index in [4.69, 9.17) is 4.74 Å². The SMILES string of the molecule is Cc1ccc(C)c2c(C)c(C(=O)N3CCCO[C@@H](CN4CCCC4)C3)[nH]c12. The Labute approximate surface area is 161 Å². The van der Waals surface area contributed by atoms with E-state index < -0.39 is 0 Å². The maximum Gasteiger partial charge on any atom is 0.270 e. The highest BCUT2D eigenvalue weighted by Crippen LogP contribution is 2.28. The third kappa shape index (κ3) is 3.63. The number of hydrogen-bond donors (Lipinski definition) is 1. The van der Waals surface area contributed by atoms with Gasteiger partial charge in [-0.3, -0.25) is 4.79 Å². The molecule has 0 radical (unpaired) electrons. The number of likely N-dealkylation sites (tertiary alicyclic amines) is 1. The Hall–Kier alpha value is -1.85. The van der Waals surface area contributed by atoms with Crippen LogP contribution in [-0.2, 0) is 4.74 Å². The highest BCUT2D eigenvalue weighted by molar-refractivity contribution is 6.02. The third-order valence-electron chi connectivity index (χ3n) is 6.13. The summed E-state index contributed by atoms with van der Waals surface area (Å²) in [6, 6.07) is 4.26. The maximum absolute atomic E-state index is 13.4. The Morgan fingerprint density at radius 2 is 1.85 bits per heavy atom. The van der Waals surface area contributed by atoms with Gasteiger partial charge < -0.3 is 19.5 Å². The molecule has 1 atom stereocenters. The Kier molecular flexibility index (Phi) is 5.24. The van der Waals surface area contributed by atoms with Crippen LogP contribution in [0.1, 0.15) is 46.4 Å². The van der Waals surface area contributed by atoms with E-state index in [1.807, 2.05) is 4.90 Å². The van der Waals surface area contributed by atoms with Gasteiger partial charge in [0, 0.05) is 37.1 Å². The number of ether oxygens (including phenoxy) is 1. The Balaban J connectivity index is 1.57. The first kappa shape index (κ1) is 18.5. The van der Waals surface area contributed by atoms with Crippen molar-refractivity contribution in [2.24, 2.45) is 0 Å². The molecule has 2 saturated heterocycles. The molecule has 5 nitrogen and oxygen atoms in total. The van der Waals surface area contributed by atoms with E-state index in [9.17, 15) is 4.79 Å². The molecule has 0 aliphatic carbocycles. The van der Waals surface area contributed by atoms with Crippen molar-refractivity contribution in [2.75, 3.05) is 39.3 Å². The van der Waals surface area contributed by atoms with Crippen LogP contribution in [0, 0.1) is 20.8 Å². The predicted octanol–water partition coefficient (Wildman–Crippen LogP) is 3.42. The molecule has 0 bridgehead atoms. The number of H-pyrrole nitrogens is 1. The lowest BCUT2D eigenvalue weighted by Crippen LogP contribution is -2.42. The van der Waals surface area contributed by atoms with Gasteiger partial charge in [0.05, 0.1) is 6.10 Å². The van der Waals surface area contributed by atoms with E-state index in [0.717, 1.165) is 56.0 Å². The van der Waals surface area contributed by atoms with E-state index in [1.54, 1.807) is 0 Å². The lowest BCUT2D eigenvalue weighted by Gasteiger charge is -2.27. The van der Waals surface area contributed by atoms with Crippen molar-refractivity contribution in [1.82, 2.24) is 14.8 Å². The van der Waals surface area contributed by atoms with Crippen LogP contribution in [0.3, 0.4) is 0 Å². The number of fused-ring (bicyclic) bond motifs is 1. The highest BCUT2D eigenvalue weighted by atomic mass is 16.5. The molecule has 5 heteroatoms. The first-order chi connectivity index (χ1) is 13.0. The van der Waals surface area contributed by atoms with E-state index in [1.165, 1.54) is 29.4 Å². The minimum atomic E-state index is 0.111. The first-order valence-electron chi connectivity index (χ1n) is 10.3. The van der Waals surface area contributed by atoms with Crippen molar-refractivity contribution in [1.29, 1.82) is 0 Å². The molecule has 1 aromatic carbocycles. The fourth-order valence-corrected chi connectivity index (χ4v) is 4.61. The maximum atomic E-state index is 13.4. The molecule has 2 aromatic rings. The molecule has 146 valence electrons. The number of aromatic nitrogens is 1. The van der Waals surface area contributed by atoms with Crippen molar-refractivity contribution in [3.63, 3.8) is 0 Å². The second kappa shape index (κ2) is 7.64. The largest absolute Gasteiger partial charge is 0.375 e. The molecule has 3 heterocycles. The topological polar surface area (TPSA) is 48.6 Å². The van der Waals surface area contributed by atoms with Gasteiger partial charge in [0.1, 0.15) is 5.69 Å². The number of rotatable bonds is 3. The van der Waals surface area contributed by atoms with Gasteiger partial charge in [-0.25, -0.2) is 0 Å². The summed E-state index contributed by atoms with van der Waals surface area (Å²) in [5.41, 5.74) is 5.30. The summed E-state index contributed by atoms with van der Waals surface area (Å²) in [6.45, 7) is 11.7. The summed E-state index contributed by atoms with van der Waals surface area (Å²) in [7, 11) is 0.